The highest BCUT2D eigenvalue weighted by molar-refractivity contribution is 5.82. The van der Waals surface area contributed by atoms with E-state index in [1.165, 1.54) is 12.1 Å². The van der Waals surface area contributed by atoms with Crippen molar-refractivity contribution in [1.82, 2.24) is 0 Å². The number of halogens is 1. The molecule has 0 aliphatic carbocycles. The first-order chi connectivity index (χ1) is 8.13. The van der Waals surface area contributed by atoms with Gasteiger partial charge in [-0.05, 0) is 31.5 Å². The average molecular weight is 235 g/mol. The van der Waals surface area contributed by atoms with Crippen molar-refractivity contribution < 1.29 is 8.81 Å². The van der Waals surface area contributed by atoms with Crippen LogP contribution >= 0.6 is 0 Å². The van der Waals surface area contributed by atoms with Crippen molar-refractivity contribution in [2.24, 2.45) is 5.73 Å². The lowest BCUT2D eigenvalue weighted by atomic mass is 10.0. The third kappa shape index (κ3) is 2.34. The predicted octanol–water partition coefficient (Wildman–Crippen LogP) is 4.07. The Bertz CT molecular complexity index is 518. The second kappa shape index (κ2) is 4.88. The number of hydrogen-bond acceptors (Lipinski definition) is 2. The summed E-state index contributed by atoms with van der Waals surface area (Å²) in [6.45, 7) is 4.07. The monoisotopic (exact) mass is 235 g/mol. The Morgan fingerprint density at radius 1 is 1.41 bits per heavy atom. The van der Waals surface area contributed by atoms with Gasteiger partial charge in [-0.2, -0.15) is 0 Å². The standard InChI is InChI=1S/C14H18FNO/c1-3-4-5-12(16)14-9(2)11-8-10(15)6-7-13(11)17-14/h6-8,12H,3-5,16H2,1-2H3. The minimum absolute atomic E-state index is 0.0922. The van der Waals surface area contributed by atoms with Crippen molar-refractivity contribution in [3.63, 3.8) is 0 Å². The van der Waals surface area contributed by atoms with Gasteiger partial charge in [-0.15, -0.1) is 0 Å². The van der Waals surface area contributed by atoms with Crippen LogP contribution in [0, 0.1) is 12.7 Å². The normalized spacial score (nSPS) is 13.2. The van der Waals surface area contributed by atoms with Gasteiger partial charge in [-0.3, -0.25) is 0 Å². The van der Waals surface area contributed by atoms with Crippen molar-refractivity contribution in [3.8, 4) is 0 Å². The molecule has 0 aliphatic rings. The topological polar surface area (TPSA) is 39.2 Å². The second-order valence-electron chi connectivity index (χ2n) is 4.48. The molecule has 1 atom stereocenters. The molecule has 0 fully saturated rings. The van der Waals surface area contributed by atoms with Gasteiger partial charge in [0.2, 0.25) is 0 Å². The Morgan fingerprint density at radius 2 is 2.18 bits per heavy atom. The summed E-state index contributed by atoms with van der Waals surface area (Å²) in [6, 6.07) is 4.48. The summed E-state index contributed by atoms with van der Waals surface area (Å²) in [4.78, 5) is 0. The number of nitrogens with two attached hydrogens (primary N) is 1. The summed E-state index contributed by atoms with van der Waals surface area (Å²) in [5.74, 6) is 0.550. The molecule has 3 heteroatoms. The molecule has 2 N–H and O–H groups in total. The van der Waals surface area contributed by atoms with Gasteiger partial charge < -0.3 is 10.2 Å². The Morgan fingerprint density at radius 3 is 2.88 bits per heavy atom. The highest BCUT2D eigenvalue weighted by Crippen LogP contribution is 2.30. The van der Waals surface area contributed by atoms with Crippen LogP contribution in [0.2, 0.25) is 0 Å². The van der Waals surface area contributed by atoms with Crippen molar-refractivity contribution in [2.75, 3.05) is 0 Å². The number of furan rings is 1. The number of rotatable bonds is 4. The van der Waals surface area contributed by atoms with Gasteiger partial charge >= 0.3 is 0 Å². The molecule has 17 heavy (non-hydrogen) atoms. The summed E-state index contributed by atoms with van der Waals surface area (Å²) < 4.78 is 18.9. The fraction of sp³-hybridized carbons (Fsp3) is 0.429. The molecule has 0 aliphatic heterocycles. The maximum Gasteiger partial charge on any atom is 0.134 e. The molecule has 0 spiro atoms. The van der Waals surface area contributed by atoms with E-state index in [1.807, 2.05) is 6.92 Å². The molecule has 0 bridgehead atoms. The quantitative estimate of drug-likeness (QED) is 0.867. The molecule has 2 aromatic rings. The number of unbranched alkanes of at least 4 members (excludes halogenated alkanes) is 1. The van der Waals surface area contributed by atoms with E-state index in [2.05, 4.69) is 6.92 Å². The highest BCUT2D eigenvalue weighted by atomic mass is 19.1. The van der Waals surface area contributed by atoms with Crippen molar-refractivity contribution in [3.05, 3.63) is 35.3 Å². The van der Waals surface area contributed by atoms with Crippen molar-refractivity contribution in [2.45, 2.75) is 39.2 Å². The van der Waals surface area contributed by atoms with Crippen LogP contribution in [0.4, 0.5) is 4.39 Å². The molecule has 0 saturated carbocycles. The average Bonchev–Trinajstić information content (AvgIpc) is 2.64. The molecule has 0 radical (unpaired) electrons. The molecule has 1 unspecified atom stereocenters. The highest BCUT2D eigenvalue weighted by Gasteiger charge is 2.16. The van der Waals surface area contributed by atoms with Crippen molar-refractivity contribution in [1.29, 1.82) is 0 Å². The number of benzene rings is 1. The van der Waals surface area contributed by atoms with Crippen LogP contribution in [0.3, 0.4) is 0 Å². The maximum absolute atomic E-state index is 13.2. The van der Waals surface area contributed by atoms with Crippen molar-refractivity contribution >= 4 is 11.0 Å². The summed E-state index contributed by atoms with van der Waals surface area (Å²) >= 11 is 0. The van der Waals surface area contributed by atoms with E-state index in [9.17, 15) is 4.39 Å². The Kier molecular flexibility index (Phi) is 3.48. The SMILES string of the molecule is CCCCC(N)c1oc2ccc(F)cc2c1C. The van der Waals surface area contributed by atoms with Crippen LogP contribution in [0.1, 0.15) is 43.6 Å². The zero-order valence-electron chi connectivity index (χ0n) is 10.3. The molecule has 1 aromatic carbocycles. The molecule has 0 saturated heterocycles. The van der Waals surface area contributed by atoms with E-state index in [-0.39, 0.29) is 11.9 Å². The van der Waals surface area contributed by atoms with E-state index < -0.39 is 0 Å². The van der Waals surface area contributed by atoms with Crippen LogP contribution < -0.4 is 5.73 Å². The van der Waals surface area contributed by atoms with E-state index >= 15 is 0 Å². The van der Waals surface area contributed by atoms with Crippen LogP contribution in [0.5, 0.6) is 0 Å². The van der Waals surface area contributed by atoms with Gasteiger partial charge in [0.25, 0.3) is 0 Å². The van der Waals surface area contributed by atoms with Crippen LogP contribution in [-0.4, -0.2) is 0 Å². The van der Waals surface area contributed by atoms with E-state index in [1.54, 1.807) is 6.07 Å². The third-order valence-corrected chi connectivity index (χ3v) is 3.14. The van der Waals surface area contributed by atoms with Gasteiger partial charge in [-0.1, -0.05) is 19.8 Å². The lowest BCUT2D eigenvalue weighted by Gasteiger charge is -2.08. The first-order valence-electron chi connectivity index (χ1n) is 6.07. The fourth-order valence-corrected chi connectivity index (χ4v) is 2.12. The first-order valence-corrected chi connectivity index (χ1v) is 6.07. The van der Waals surface area contributed by atoms with Crippen LogP contribution in [-0.2, 0) is 0 Å². The lowest BCUT2D eigenvalue weighted by Crippen LogP contribution is -2.10. The molecular formula is C14H18FNO. The molecule has 92 valence electrons. The second-order valence-corrected chi connectivity index (χ2v) is 4.48. The van der Waals surface area contributed by atoms with Gasteiger partial charge in [0.15, 0.2) is 0 Å². The summed E-state index contributed by atoms with van der Waals surface area (Å²) in [5.41, 5.74) is 7.77. The first kappa shape index (κ1) is 12.1. The largest absolute Gasteiger partial charge is 0.459 e. The fourth-order valence-electron chi connectivity index (χ4n) is 2.12. The lowest BCUT2D eigenvalue weighted by molar-refractivity contribution is 0.464. The van der Waals surface area contributed by atoms with Gasteiger partial charge in [0.05, 0.1) is 6.04 Å². The van der Waals surface area contributed by atoms with E-state index in [0.29, 0.717) is 5.58 Å². The Labute approximate surface area is 101 Å². The van der Waals surface area contributed by atoms with Gasteiger partial charge in [0.1, 0.15) is 17.2 Å². The van der Waals surface area contributed by atoms with Gasteiger partial charge in [-0.25, -0.2) is 4.39 Å². The molecule has 1 heterocycles. The number of hydrogen-bond donors (Lipinski definition) is 1. The third-order valence-electron chi connectivity index (χ3n) is 3.14. The molecule has 0 amide bonds. The maximum atomic E-state index is 13.2. The molecule has 1 aromatic heterocycles. The predicted molar refractivity (Wildman–Crippen MR) is 67.4 cm³/mol. The van der Waals surface area contributed by atoms with Crippen LogP contribution in [0.25, 0.3) is 11.0 Å². The summed E-state index contributed by atoms with van der Waals surface area (Å²) in [5, 5.41) is 0.826. The minimum atomic E-state index is -0.241. The van der Waals surface area contributed by atoms with E-state index in [4.69, 9.17) is 10.2 Å². The Hall–Kier alpha value is -1.35. The zero-order valence-corrected chi connectivity index (χ0v) is 10.3. The number of aryl methyl sites for hydroxylation is 1. The van der Waals surface area contributed by atoms with E-state index in [0.717, 1.165) is 36.0 Å². The smallest absolute Gasteiger partial charge is 0.134 e. The zero-order chi connectivity index (χ0) is 12.4. The van der Waals surface area contributed by atoms with Crippen LogP contribution in [0.15, 0.2) is 22.6 Å². The molecule has 2 rings (SSSR count). The summed E-state index contributed by atoms with van der Waals surface area (Å²) in [6.07, 6.45) is 3.09. The minimum Gasteiger partial charge on any atom is -0.459 e. The molecule has 2 nitrogen and oxygen atoms in total. The number of fused-ring (bicyclic) bond motifs is 1. The van der Waals surface area contributed by atoms with Gasteiger partial charge in [0, 0.05) is 10.9 Å². The molecular weight excluding hydrogens is 217 g/mol. The Balaban J connectivity index is 2.38. The summed E-state index contributed by atoms with van der Waals surface area (Å²) in [7, 11) is 0.